The molecule has 1 amide bonds. The van der Waals surface area contributed by atoms with Crippen molar-refractivity contribution in [3.8, 4) is 23.0 Å². The van der Waals surface area contributed by atoms with Crippen LogP contribution in [0.4, 0.5) is 11.4 Å². The number of hydrogen-bond acceptors (Lipinski definition) is 14. The molecule has 8 aromatic rings. The van der Waals surface area contributed by atoms with Crippen molar-refractivity contribution in [3.05, 3.63) is 263 Å². The highest BCUT2D eigenvalue weighted by atomic mass is 32.2. The second kappa shape index (κ2) is 35.5. The normalized spacial score (nSPS) is 14.4. The quantitative estimate of drug-likeness (QED) is 0.00327. The van der Waals surface area contributed by atoms with Crippen molar-refractivity contribution in [1.82, 2.24) is 15.1 Å². The van der Waals surface area contributed by atoms with E-state index in [4.69, 9.17) is 0 Å². The third-order valence-electron chi connectivity index (χ3n) is 20.0. The Hall–Kier alpha value is -9.14. The van der Waals surface area contributed by atoms with E-state index in [-0.39, 0.29) is 38.5 Å². The minimum Gasteiger partial charge on any atom is -0.748 e. The second-order valence-electron chi connectivity index (χ2n) is 28.4. The molecule has 0 unspecified atom stereocenters. The van der Waals surface area contributed by atoms with Crippen molar-refractivity contribution in [1.29, 1.82) is 0 Å². The minimum atomic E-state index is -4.48. The molecule has 2 aliphatic heterocycles. The number of anilines is 1. The molecule has 2 aliphatic rings. The molecule has 2 heterocycles. The van der Waals surface area contributed by atoms with Gasteiger partial charge in [-0.15, -0.1) is 0 Å². The number of ketones is 1. The Kier molecular flexibility index (Phi) is 27.1. The molecule has 21 heteroatoms. The van der Waals surface area contributed by atoms with Gasteiger partial charge in [-0.1, -0.05) is 180 Å². The first-order chi connectivity index (χ1) is 50.0. The molecule has 0 aromatic heterocycles. The van der Waals surface area contributed by atoms with E-state index < -0.39 is 56.8 Å². The van der Waals surface area contributed by atoms with E-state index in [0.29, 0.717) is 111 Å². The summed E-state index contributed by atoms with van der Waals surface area (Å²) in [5.41, 5.74) is 13.1. The van der Waals surface area contributed by atoms with E-state index in [1.165, 1.54) is 0 Å². The topological polar surface area (TPSA) is 251 Å². The number of Topliss-reactive ketones (excluding diaryl/α,β-unsaturated/α-hetero) is 1. The van der Waals surface area contributed by atoms with E-state index in [0.717, 1.165) is 88.8 Å². The first-order valence-corrected chi connectivity index (χ1v) is 38.8. The highest BCUT2D eigenvalue weighted by Gasteiger charge is 2.44. The maximum absolute atomic E-state index is 12.9. The van der Waals surface area contributed by atoms with Gasteiger partial charge in [0.05, 0.1) is 21.3 Å². The lowest BCUT2D eigenvalue weighted by molar-refractivity contribution is -0.437. The largest absolute Gasteiger partial charge is 0.748 e. The molecule has 0 saturated heterocycles. The second-order valence-corrected chi connectivity index (χ2v) is 31.5. The summed E-state index contributed by atoms with van der Waals surface area (Å²) >= 11 is 0. The number of fused-ring (bicyclic) bond motifs is 4. The first-order valence-electron chi connectivity index (χ1n) is 35.6. The van der Waals surface area contributed by atoms with E-state index in [1.54, 1.807) is 38.1 Å². The van der Waals surface area contributed by atoms with E-state index >= 15 is 0 Å². The van der Waals surface area contributed by atoms with Gasteiger partial charge in [-0.3, -0.25) is 23.9 Å². The van der Waals surface area contributed by atoms with Crippen LogP contribution in [-0.2, 0) is 66.8 Å². The van der Waals surface area contributed by atoms with Crippen LogP contribution in [0.1, 0.15) is 126 Å². The number of nitrogens with zero attached hydrogens (tertiary/aromatic N) is 4. The fourth-order valence-electron chi connectivity index (χ4n) is 14.5. The number of unbranched alkanes of at least 4 members (excludes halogenated alkanes) is 1. The first kappa shape index (κ1) is 80.9. The van der Waals surface area contributed by atoms with Gasteiger partial charge in [-0.2, -0.15) is 13.0 Å². The number of allylic oxidation sites excluding steroid dienone is 7. The smallest absolute Gasteiger partial charge is 0.488 e. The molecule has 0 aliphatic carbocycles. The van der Waals surface area contributed by atoms with Crippen molar-refractivity contribution in [2.75, 3.05) is 49.1 Å². The van der Waals surface area contributed by atoms with Crippen LogP contribution >= 0.6 is 0 Å². The molecule has 552 valence electrons. The molecule has 0 radical (unpaired) electrons. The molecule has 8 aromatic carbocycles. The number of carbonyl (C=O) groups excluding carboxylic acids is 2. The van der Waals surface area contributed by atoms with Gasteiger partial charge >= 0.3 is 14.2 Å². The van der Waals surface area contributed by atoms with Gasteiger partial charge in [0.1, 0.15) is 6.54 Å². The summed E-state index contributed by atoms with van der Waals surface area (Å²) in [6, 6.07) is 53.4. The summed E-state index contributed by atoms with van der Waals surface area (Å²) in [5, 5.41) is 49.5. The average molecular weight is 1470 g/mol. The summed E-state index contributed by atoms with van der Waals surface area (Å²) < 4.78 is 71.5. The van der Waals surface area contributed by atoms with Gasteiger partial charge in [0.15, 0.2) is 11.5 Å². The molecule has 0 fully saturated rings. The van der Waals surface area contributed by atoms with Crippen molar-refractivity contribution in [3.63, 3.8) is 0 Å². The van der Waals surface area contributed by atoms with Crippen molar-refractivity contribution in [2.24, 2.45) is 0 Å². The molecule has 106 heavy (non-hydrogen) atoms. The van der Waals surface area contributed by atoms with Crippen molar-refractivity contribution in [2.45, 2.75) is 125 Å². The monoisotopic (exact) mass is 1470 g/mol. The van der Waals surface area contributed by atoms with Crippen LogP contribution in [-0.4, -0.2) is 136 Å². The zero-order valence-corrected chi connectivity index (χ0v) is 62.3. The Labute approximate surface area is 626 Å². The highest BCUT2D eigenvalue weighted by molar-refractivity contribution is 7.85. The molecule has 0 bridgehead atoms. The molecule has 0 atom stereocenters. The molecule has 0 saturated carbocycles. The zero-order chi connectivity index (χ0) is 75.4. The number of hydrogen-bond donors (Lipinski definition) is 6. The Morgan fingerprint density at radius 3 is 1.79 bits per heavy atom. The highest BCUT2D eigenvalue weighted by Crippen LogP contribution is 2.48. The number of amides is 1. The minimum absolute atomic E-state index is 0. The molecular formula is C85H97B2N5O12S2. The molecule has 0 spiro atoms. The summed E-state index contributed by atoms with van der Waals surface area (Å²) in [6.45, 7) is 23.2. The summed E-state index contributed by atoms with van der Waals surface area (Å²) in [4.78, 5) is 32.2. The molecular weight excluding hydrogens is 1370 g/mol. The summed E-state index contributed by atoms with van der Waals surface area (Å²) in [6.07, 6.45) is 10.4. The van der Waals surface area contributed by atoms with E-state index in [2.05, 4.69) is 120 Å². The van der Waals surface area contributed by atoms with Gasteiger partial charge in [0.2, 0.25) is 11.6 Å². The molecule has 6 N–H and O–H groups in total. The van der Waals surface area contributed by atoms with Crippen LogP contribution < -0.4 is 21.1 Å². The predicted octanol–water partition coefficient (Wildman–Crippen LogP) is 11.9. The van der Waals surface area contributed by atoms with E-state index in [1.807, 2.05) is 121 Å². The Morgan fingerprint density at radius 2 is 1.19 bits per heavy atom. The third kappa shape index (κ3) is 20.1. The van der Waals surface area contributed by atoms with E-state index in [9.17, 15) is 55.6 Å². The average Bonchev–Trinajstić information content (AvgIpc) is 1.14. The van der Waals surface area contributed by atoms with Crippen LogP contribution in [0.2, 0.25) is 0 Å². The fourth-order valence-corrected chi connectivity index (χ4v) is 15.5. The van der Waals surface area contributed by atoms with Crippen LogP contribution in [0.25, 0.3) is 32.7 Å². The number of para-hydroxylation sites is 2. The van der Waals surface area contributed by atoms with Crippen LogP contribution in [0, 0.1) is 11.8 Å². The van der Waals surface area contributed by atoms with Crippen molar-refractivity contribution < 1.29 is 60.2 Å². The predicted molar refractivity (Wildman–Crippen MR) is 429 cm³/mol. The Balaban J connectivity index is 0.0000130. The Morgan fingerprint density at radius 1 is 0.632 bits per heavy atom. The van der Waals surface area contributed by atoms with Crippen LogP contribution in [0.15, 0.2) is 224 Å². The SMILES string of the molecule is C.C=C(C)C(=O)CCCCN(Cc1ccccc1B(O)O)Cc1c2ccccc2c(CN(CCCNC(=O)C(=C)C)Cc2ccccc2B(O)O)c2ccc(-c3ccc(C#CC(=C\C=C4/N(CCCS(=O)(=O)O)c5ccccc5C4(C)C)/C=C/C4=[N+](CCCS(=O)(=O)[O-])c5ccccc5C4(C)C)cc3)cc12. The Bertz CT molecular complexity index is 5030. The lowest BCUT2D eigenvalue weighted by Crippen LogP contribution is -2.36. The lowest BCUT2D eigenvalue weighted by Gasteiger charge is -2.28. The number of nitrogens with one attached hydrogen (secondary N) is 1. The summed E-state index contributed by atoms with van der Waals surface area (Å²) in [5.74, 6) is 5.79. The van der Waals surface area contributed by atoms with Crippen LogP contribution in [0.5, 0.6) is 0 Å². The van der Waals surface area contributed by atoms with Gasteiger partial charge in [-0.05, 0) is 179 Å². The lowest BCUT2D eigenvalue weighted by atomic mass is 9.77. The maximum atomic E-state index is 12.9. The maximum Gasteiger partial charge on any atom is 0.488 e. The number of benzene rings is 8. The third-order valence-corrected chi connectivity index (χ3v) is 21.6. The zero-order valence-electron chi connectivity index (χ0n) is 60.7. The van der Waals surface area contributed by atoms with Crippen molar-refractivity contribution >= 4 is 95.7 Å². The van der Waals surface area contributed by atoms with Crippen LogP contribution in [0.3, 0.4) is 0 Å². The van der Waals surface area contributed by atoms with Gasteiger partial charge in [0, 0.05) is 116 Å². The van der Waals surface area contributed by atoms with Gasteiger partial charge in [-0.25, -0.2) is 8.42 Å². The number of carbonyl (C=O) groups is 2. The summed E-state index contributed by atoms with van der Waals surface area (Å²) in [7, 11) is -12.1. The standard InChI is InChI=1S/C84H93B2N5O12S2.CH4/c1-59(2)79(92)34-19-20-48-88(55-65-24-9-15-30-75(65)85(94)95)58-72-68-27-12-11-26-67(68)71(57-89(49-21-47-87-82(93)60(3)4)56-66-25-10-16-31-76(66)86(96)97)69-44-43-64(54-70(69)72)63-41-37-61(38-42-63)35-36-62(39-45-80-83(5,6)73-28-13-17-32-77(73)90(80)50-22-52-104(98,99)100)40-46-81-84(7,8)74-29-14-18-33-78(74)91(81)51-23-53-105(101,102)103;/h9-18,24-33,37-46,54,94-97H,1,3,19-23,34,47-53,55-58H2,2,4-8H3,(H2-,87,93,98,99,100,101,102,103);1H4. The van der Waals surface area contributed by atoms with Gasteiger partial charge < -0.3 is 34.9 Å². The fraction of sp³-hybridized carbons (Fsp3) is 0.306. The number of rotatable bonds is 33. The molecule has 17 nitrogen and oxygen atoms in total. The molecule has 10 rings (SSSR count). The van der Waals surface area contributed by atoms with Gasteiger partial charge in [0.25, 0.3) is 10.1 Å².